The van der Waals surface area contributed by atoms with Crippen molar-refractivity contribution in [1.29, 1.82) is 0 Å². The van der Waals surface area contributed by atoms with Gasteiger partial charge in [0.25, 0.3) is 0 Å². The van der Waals surface area contributed by atoms with Gasteiger partial charge < -0.3 is 15.4 Å². The molecule has 0 spiro atoms. The fourth-order valence-corrected chi connectivity index (χ4v) is 2.53. The van der Waals surface area contributed by atoms with Gasteiger partial charge in [-0.1, -0.05) is 13.3 Å². The van der Waals surface area contributed by atoms with Crippen LogP contribution in [0.1, 0.15) is 47.0 Å². The van der Waals surface area contributed by atoms with Gasteiger partial charge in [-0.25, -0.2) is 4.79 Å². The lowest BCUT2D eigenvalue weighted by Crippen LogP contribution is -2.39. The quantitative estimate of drug-likeness (QED) is 0.812. The highest BCUT2D eigenvalue weighted by molar-refractivity contribution is 5.67. The topological polar surface area (TPSA) is 50.4 Å². The number of ether oxygens (including phenoxy) is 1. The molecule has 2 atom stereocenters. The van der Waals surface area contributed by atoms with Gasteiger partial charge in [0.1, 0.15) is 5.60 Å². The summed E-state index contributed by atoms with van der Waals surface area (Å²) in [5.74, 6) is 1.48. The lowest BCUT2D eigenvalue weighted by molar-refractivity contribution is 0.0522. The van der Waals surface area contributed by atoms with Crippen LogP contribution in [-0.2, 0) is 4.74 Å². The SMILES string of the molecule is CCC1CCNCC1CCNC(=O)OC(C)(C)C. The second-order valence-electron chi connectivity index (χ2n) is 6.14. The maximum absolute atomic E-state index is 11.5. The van der Waals surface area contributed by atoms with Crippen molar-refractivity contribution >= 4 is 6.09 Å². The molecule has 0 saturated carbocycles. The van der Waals surface area contributed by atoms with Crippen molar-refractivity contribution < 1.29 is 9.53 Å². The molecule has 1 rings (SSSR count). The number of hydrogen-bond donors (Lipinski definition) is 2. The van der Waals surface area contributed by atoms with Gasteiger partial charge in [0.05, 0.1) is 0 Å². The van der Waals surface area contributed by atoms with Crippen molar-refractivity contribution in [3.05, 3.63) is 0 Å². The minimum Gasteiger partial charge on any atom is -0.444 e. The van der Waals surface area contributed by atoms with Crippen LogP contribution in [0.4, 0.5) is 4.79 Å². The Morgan fingerprint density at radius 1 is 1.39 bits per heavy atom. The Morgan fingerprint density at radius 3 is 2.72 bits per heavy atom. The minimum absolute atomic E-state index is 0.306. The van der Waals surface area contributed by atoms with E-state index in [1.165, 1.54) is 12.8 Å². The van der Waals surface area contributed by atoms with Gasteiger partial charge in [-0.15, -0.1) is 0 Å². The van der Waals surface area contributed by atoms with Crippen LogP contribution in [0.5, 0.6) is 0 Å². The maximum atomic E-state index is 11.5. The van der Waals surface area contributed by atoms with E-state index in [4.69, 9.17) is 4.74 Å². The summed E-state index contributed by atoms with van der Waals surface area (Å²) in [7, 11) is 0. The summed E-state index contributed by atoms with van der Waals surface area (Å²) >= 11 is 0. The number of rotatable bonds is 4. The zero-order chi connectivity index (χ0) is 13.6. The van der Waals surface area contributed by atoms with E-state index in [0.29, 0.717) is 12.5 Å². The second kappa shape index (κ2) is 6.98. The molecule has 1 heterocycles. The highest BCUT2D eigenvalue weighted by Crippen LogP contribution is 2.24. The first-order valence-electron chi connectivity index (χ1n) is 7.10. The van der Waals surface area contributed by atoms with E-state index in [-0.39, 0.29) is 6.09 Å². The zero-order valence-corrected chi connectivity index (χ0v) is 12.2. The van der Waals surface area contributed by atoms with E-state index in [1.807, 2.05) is 20.8 Å². The summed E-state index contributed by atoms with van der Waals surface area (Å²) in [5.41, 5.74) is -0.414. The summed E-state index contributed by atoms with van der Waals surface area (Å²) in [6.45, 7) is 10.8. The lowest BCUT2D eigenvalue weighted by atomic mass is 9.82. The molecule has 106 valence electrons. The molecule has 1 aliphatic heterocycles. The minimum atomic E-state index is -0.414. The molecule has 0 bridgehead atoms. The number of carbonyl (C=O) groups excluding carboxylic acids is 1. The maximum Gasteiger partial charge on any atom is 0.407 e. The molecule has 1 saturated heterocycles. The number of amides is 1. The molecule has 0 aliphatic carbocycles. The Morgan fingerprint density at radius 2 is 2.11 bits per heavy atom. The predicted molar refractivity (Wildman–Crippen MR) is 73.6 cm³/mol. The molecule has 1 aliphatic rings. The Hall–Kier alpha value is -0.770. The Labute approximate surface area is 111 Å². The highest BCUT2D eigenvalue weighted by Gasteiger charge is 2.23. The van der Waals surface area contributed by atoms with Gasteiger partial charge in [-0.3, -0.25) is 0 Å². The molecule has 0 aromatic carbocycles. The summed E-state index contributed by atoms with van der Waals surface area (Å²) in [5, 5.41) is 6.27. The summed E-state index contributed by atoms with van der Waals surface area (Å²) in [6, 6.07) is 0. The standard InChI is InChI=1S/C14H28N2O2/c1-5-11-6-8-15-10-12(11)7-9-16-13(17)18-14(2,3)4/h11-12,15H,5-10H2,1-4H3,(H,16,17). The van der Waals surface area contributed by atoms with Crippen LogP contribution in [0.3, 0.4) is 0 Å². The van der Waals surface area contributed by atoms with Crippen molar-refractivity contribution in [2.75, 3.05) is 19.6 Å². The molecule has 0 aromatic rings. The average molecular weight is 256 g/mol. The molecular weight excluding hydrogens is 228 g/mol. The van der Waals surface area contributed by atoms with Crippen molar-refractivity contribution in [2.45, 2.75) is 52.6 Å². The van der Waals surface area contributed by atoms with Crippen LogP contribution >= 0.6 is 0 Å². The normalized spacial score (nSPS) is 24.7. The van der Waals surface area contributed by atoms with Crippen LogP contribution in [0.25, 0.3) is 0 Å². The number of nitrogens with one attached hydrogen (secondary N) is 2. The number of carbonyl (C=O) groups is 1. The molecule has 1 amide bonds. The second-order valence-corrected chi connectivity index (χ2v) is 6.14. The van der Waals surface area contributed by atoms with Gasteiger partial charge in [0.15, 0.2) is 0 Å². The van der Waals surface area contributed by atoms with E-state index in [2.05, 4.69) is 17.6 Å². The number of alkyl carbamates (subject to hydrolysis) is 1. The van der Waals surface area contributed by atoms with Gasteiger partial charge in [-0.05, 0) is 58.5 Å². The van der Waals surface area contributed by atoms with Crippen molar-refractivity contribution in [1.82, 2.24) is 10.6 Å². The molecule has 0 aromatic heterocycles. The summed E-state index contributed by atoms with van der Waals surface area (Å²) in [6.07, 6.45) is 3.22. The molecular formula is C14H28N2O2. The molecule has 2 unspecified atom stereocenters. The van der Waals surface area contributed by atoms with E-state index in [1.54, 1.807) is 0 Å². The largest absolute Gasteiger partial charge is 0.444 e. The fraction of sp³-hybridized carbons (Fsp3) is 0.929. The molecule has 4 heteroatoms. The van der Waals surface area contributed by atoms with Crippen LogP contribution in [0, 0.1) is 11.8 Å². The van der Waals surface area contributed by atoms with Crippen LogP contribution in [-0.4, -0.2) is 31.3 Å². The van der Waals surface area contributed by atoms with Crippen LogP contribution < -0.4 is 10.6 Å². The van der Waals surface area contributed by atoms with Crippen molar-refractivity contribution in [3.8, 4) is 0 Å². The Kier molecular flexibility index (Phi) is 5.93. The average Bonchev–Trinajstić information content (AvgIpc) is 2.27. The molecule has 1 fully saturated rings. The van der Waals surface area contributed by atoms with E-state index in [0.717, 1.165) is 25.4 Å². The molecule has 0 radical (unpaired) electrons. The zero-order valence-electron chi connectivity index (χ0n) is 12.2. The van der Waals surface area contributed by atoms with E-state index >= 15 is 0 Å². The molecule has 4 nitrogen and oxygen atoms in total. The first-order chi connectivity index (χ1) is 8.42. The fourth-order valence-electron chi connectivity index (χ4n) is 2.53. The summed E-state index contributed by atoms with van der Waals surface area (Å²) < 4.78 is 5.21. The van der Waals surface area contributed by atoms with Gasteiger partial charge in [-0.2, -0.15) is 0 Å². The Bertz CT molecular complexity index is 261. The highest BCUT2D eigenvalue weighted by atomic mass is 16.6. The van der Waals surface area contributed by atoms with Crippen molar-refractivity contribution in [3.63, 3.8) is 0 Å². The van der Waals surface area contributed by atoms with E-state index < -0.39 is 5.60 Å². The van der Waals surface area contributed by atoms with Crippen LogP contribution in [0.15, 0.2) is 0 Å². The Balaban J connectivity index is 2.22. The number of hydrogen-bond acceptors (Lipinski definition) is 3. The van der Waals surface area contributed by atoms with Crippen LogP contribution in [0.2, 0.25) is 0 Å². The molecule has 2 N–H and O–H groups in total. The summed E-state index contributed by atoms with van der Waals surface area (Å²) in [4.78, 5) is 11.5. The first kappa shape index (κ1) is 15.3. The van der Waals surface area contributed by atoms with Crippen molar-refractivity contribution in [2.24, 2.45) is 11.8 Å². The van der Waals surface area contributed by atoms with Gasteiger partial charge in [0, 0.05) is 6.54 Å². The lowest BCUT2D eigenvalue weighted by Gasteiger charge is -2.31. The molecule has 18 heavy (non-hydrogen) atoms. The smallest absolute Gasteiger partial charge is 0.407 e. The first-order valence-corrected chi connectivity index (χ1v) is 7.10. The van der Waals surface area contributed by atoms with Gasteiger partial charge in [0.2, 0.25) is 0 Å². The van der Waals surface area contributed by atoms with E-state index in [9.17, 15) is 4.79 Å². The third kappa shape index (κ3) is 5.71. The monoisotopic (exact) mass is 256 g/mol. The third-order valence-corrected chi connectivity index (χ3v) is 3.47. The number of piperidine rings is 1. The van der Waals surface area contributed by atoms with Gasteiger partial charge >= 0.3 is 6.09 Å². The third-order valence-electron chi connectivity index (χ3n) is 3.47. The predicted octanol–water partition coefficient (Wildman–Crippen LogP) is 2.54.